The van der Waals surface area contributed by atoms with E-state index in [-0.39, 0.29) is 24.9 Å². The van der Waals surface area contributed by atoms with E-state index in [1.807, 2.05) is 13.8 Å². The van der Waals surface area contributed by atoms with Crippen molar-refractivity contribution in [1.29, 1.82) is 0 Å². The van der Waals surface area contributed by atoms with E-state index in [1.54, 1.807) is 4.90 Å². The van der Waals surface area contributed by atoms with Crippen LogP contribution in [0.5, 0.6) is 0 Å². The number of amides is 1. The first kappa shape index (κ1) is 12.0. The zero-order valence-electron chi connectivity index (χ0n) is 9.19. The van der Waals surface area contributed by atoms with Gasteiger partial charge in [-0.05, 0) is 26.7 Å². The summed E-state index contributed by atoms with van der Waals surface area (Å²) in [5.74, 6) is -1.01. The summed E-state index contributed by atoms with van der Waals surface area (Å²) in [7, 11) is 0. The first-order valence-corrected chi connectivity index (χ1v) is 5.18. The minimum absolute atomic E-state index is 0.00197. The van der Waals surface area contributed by atoms with Gasteiger partial charge in [0.05, 0.1) is 12.0 Å². The maximum atomic E-state index is 11.9. The predicted molar refractivity (Wildman–Crippen MR) is 55.3 cm³/mol. The van der Waals surface area contributed by atoms with Gasteiger partial charge in [-0.25, -0.2) is 0 Å². The fourth-order valence-electron chi connectivity index (χ4n) is 1.44. The van der Waals surface area contributed by atoms with Gasteiger partial charge in [-0.3, -0.25) is 9.59 Å². The SMILES string of the molecule is CC(C)N(CCC(=O)O)C(=O)C1(N)CC1. The molecular formula is C10H18N2O3. The molecule has 0 atom stereocenters. The van der Waals surface area contributed by atoms with Gasteiger partial charge in [-0.2, -0.15) is 0 Å². The highest BCUT2D eigenvalue weighted by Crippen LogP contribution is 2.34. The molecule has 86 valence electrons. The Hall–Kier alpha value is -1.10. The molecule has 0 aliphatic heterocycles. The standard InChI is InChI=1S/C10H18N2O3/c1-7(2)12(6-3-8(13)14)9(15)10(11)4-5-10/h7H,3-6,11H2,1-2H3,(H,13,14). The Balaban J connectivity index is 2.57. The molecule has 0 aromatic carbocycles. The van der Waals surface area contributed by atoms with Crippen molar-refractivity contribution in [3.05, 3.63) is 0 Å². The van der Waals surface area contributed by atoms with E-state index in [9.17, 15) is 9.59 Å². The number of nitrogens with two attached hydrogens (primary N) is 1. The molecule has 0 radical (unpaired) electrons. The van der Waals surface area contributed by atoms with Crippen LogP contribution >= 0.6 is 0 Å². The summed E-state index contributed by atoms with van der Waals surface area (Å²) in [6.45, 7) is 3.97. The van der Waals surface area contributed by atoms with Gasteiger partial charge in [-0.15, -0.1) is 0 Å². The van der Waals surface area contributed by atoms with E-state index in [1.165, 1.54) is 0 Å². The monoisotopic (exact) mass is 214 g/mol. The maximum absolute atomic E-state index is 11.9. The van der Waals surface area contributed by atoms with E-state index in [0.717, 1.165) is 0 Å². The Morgan fingerprint density at radius 2 is 2.00 bits per heavy atom. The van der Waals surface area contributed by atoms with E-state index in [2.05, 4.69) is 0 Å². The van der Waals surface area contributed by atoms with E-state index in [4.69, 9.17) is 10.8 Å². The van der Waals surface area contributed by atoms with Crippen LogP contribution < -0.4 is 5.73 Å². The van der Waals surface area contributed by atoms with Crippen molar-refractivity contribution in [2.24, 2.45) is 5.73 Å². The Labute approximate surface area is 89.2 Å². The number of hydrogen-bond acceptors (Lipinski definition) is 3. The minimum atomic E-state index is -0.893. The van der Waals surface area contributed by atoms with Gasteiger partial charge in [-0.1, -0.05) is 0 Å². The molecule has 0 spiro atoms. The molecule has 1 aliphatic rings. The molecule has 0 aromatic heterocycles. The van der Waals surface area contributed by atoms with Gasteiger partial charge in [0.1, 0.15) is 0 Å². The van der Waals surface area contributed by atoms with Gasteiger partial charge < -0.3 is 15.7 Å². The third kappa shape index (κ3) is 2.92. The topological polar surface area (TPSA) is 83.6 Å². The van der Waals surface area contributed by atoms with Gasteiger partial charge in [0, 0.05) is 12.6 Å². The molecule has 0 aromatic rings. The molecule has 0 heterocycles. The molecule has 0 unspecified atom stereocenters. The molecule has 3 N–H and O–H groups in total. The van der Waals surface area contributed by atoms with Crippen LogP contribution in [0, 0.1) is 0 Å². The molecular weight excluding hydrogens is 196 g/mol. The lowest BCUT2D eigenvalue weighted by Crippen LogP contribution is -2.49. The lowest BCUT2D eigenvalue weighted by molar-refractivity contribution is -0.140. The van der Waals surface area contributed by atoms with Crippen molar-refractivity contribution in [3.63, 3.8) is 0 Å². The van der Waals surface area contributed by atoms with Crippen molar-refractivity contribution >= 4 is 11.9 Å². The smallest absolute Gasteiger partial charge is 0.305 e. The number of nitrogens with zero attached hydrogens (tertiary/aromatic N) is 1. The van der Waals surface area contributed by atoms with Crippen LogP contribution in [0.1, 0.15) is 33.1 Å². The number of aliphatic carboxylic acids is 1. The zero-order chi connectivity index (χ0) is 11.6. The fourth-order valence-corrected chi connectivity index (χ4v) is 1.44. The minimum Gasteiger partial charge on any atom is -0.481 e. The van der Waals surface area contributed by atoms with E-state index < -0.39 is 11.5 Å². The number of carboxylic acids is 1. The summed E-state index contributed by atoms with van der Waals surface area (Å²) in [5, 5.41) is 8.58. The van der Waals surface area contributed by atoms with Crippen LogP contribution in [-0.2, 0) is 9.59 Å². The average Bonchev–Trinajstić information content (AvgIpc) is 2.84. The molecule has 1 fully saturated rings. The molecule has 15 heavy (non-hydrogen) atoms. The molecule has 1 amide bonds. The molecule has 1 saturated carbocycles. The molecule has 1 rings (SSSR count). The summed E-state index contributed by atoms with van der Waals surface area (Å²) < 4.78 is 0. The van der Waals surface area contributed by atoms with Gasteiger partial charge >= 0.3 is 5.97 Å². The van der Waals surface area contributed by atoms with E-state index in [0.29, 0.717) is 12.8 Å². The highest BCUT2D eigenvalue weighted by atomic mass is 16.4. The van der Waals surface area contributed by atoms with Gasteiger partial charge in [0.25, 0.3) is 0 Å². The fraction of sp³-hybridized carbons (Fsp3) is 0.800. The third-order valence-corrected chi connectivity index (χ3v) is 2.67. The number of carbonyl (C=O) groups excluding carboxylic acids is 1. The summed E-state index contributed by atoms with van der Waals surface area (Å²) >= 11 is 0. The first-order valence-electron chi connectivity index (χ1n) is 5.18. The molecule has 0 bridgehead atoms. The maximum Gasteiger partial charge on any atom is 0.305 e. The van der Waals surface area contributed by atoms with Crippen LogP contribution in [0.2, 0.25) is 0 Å². The third-order valence-electron chi connectivity index (χ3n) is 2.67. The van der Waals surface area contributed by atoms with Gasteiger partial charge in [0.15, 0.2) is 0 Å². The Morgan fingerprint density at radius 3 is 2.33 bits per heavy atom. The summed E-state index contributed by atoms with van der Waals surface area (Å²) in [4.78, 5) is 23.9. The van der Waals surface area contributed by atoms with Crippen LogP contribution in [0.15, 0.2) is 0 Å². The van der Waals surface area contributed by atoms with Gasteiger partial charge in [0.2, 0.25) is 5.91 Å². The van der Waals surface area contributed by atoms with Crippen molar-refractivity contribution < 1.29 is 14.7 Å². The normalized spacial score (nSPS) is 17.6. The number of carbonyl (C=O) groups is 2. The second-order valence-electron chi connectivity index (χ2n) is 4.39. The summed E-state index contributed by atoms with van der Waals surface area (Å²) in [5.41, 5.74) is 5.09. The second kappa shape index (κ2) is 4.18. The predicted octanol–water partition coefficient (Wildman–Crippen LogP) is 0.189. The lowest BCUT2D eigenvalue weighted by Gasteiger charge is -2.28. The van der Waals surface area contributed by atoms with Crippen molar-refractivity contribution in [2.45, 2.75) is 44.7 Å². The largest absolute Gasteiger partial charge is 0.481 e. The molecule has 1 aliphatic carbocycles. The Bertz CT molecular complexity index is 272. The molecule has 5 heteroatoms. The summed E-state index contributed by atoms with van der Waals surface area (Å²) in [6.07, 6.45) is 1.39. The first-order chi connectivity index (χ1) is 6.87. The van der Waals surface area contributed by atoms with Crippen LogP contribution in [0.4, 0.5) is 0 Å². The highest BCUT2D eigenvalue weighted by molar-refractivity contribution is 5.89. The average molecular weight is 214 g/mol. The summed E-state index contributed by atoms with van der Waals surface area (Å²) in [6, 6.07) is -0.00197. The Morgan fingerprint density at radius 1 is 1.47 bits per heavy atom. The van der Waals surface area contributed by atoms with Crippen LogP contribution in [0.25, 0.3) is 0 Å². The number of carboxylic acid groups (broad SMARTS) is 1. The van der Waals surface area contributed by atoms with Crippen molar-refractivity contribution in [3.8, 4) is 0 Å². The number of hydrogen-bond donors (Lipinski definition) is 2. The second-order valence-corrected chi connectivity index (χ2v) is 4.39. The van der Waals surface area contributed by atoms with Crippen molar-refractivity contribution in [2.75, 3.05) is 6.54 Å². The van der Waals surface area contributed by atoms with Crippen molar-refractivity contribution in [1.82, 2.24) is 4.90 Å². The highest BCUT2D eigenvalue weighted by Gasteiger charge is 2.48. The quantitative estimate of drug-likeness (QED) is 0.684. The molecule has 0 saturated heterocycles. The zero-order valence-corrected chi connectivity index (χ0v) is 9.19. The van der Waals surface area contributed by atoms with E-state index >= 15 is 0 Å². The molecule has 5 nitrogen and oxygen atoms in total. The lowest BCUT2D eigenvalue weighted by atomic mass is 10.2. The van der Waals surface area contributed by atoms with Crippen LogP contribution in [0.3, 0.4) is 0 Å². The Kier molecular flexibility index (Phi) is 3.34. The van der Waals surface area contributed by atoms with Crippen LogP contribution in [-0.4, -0.2) is 40.0 Å². The number of rotatable bonds is 5.